The van der Waals surface area contributed by atoms with Gasteiger partial charge in [-0.2, -0.15) is 5.10 Å². The Labute approximate surface area is 104 Å². The Morgan fingerprint density at radius 1 is 1.57 bits per heavy atom. The number of halogens is 2. The summed E-state index contributed by atoms with van der Waals surface area (Å²) in [5, 5.41) is 5.36. The van der Waals surface area contributed by atoms with E-state index in [4.69, 9.17) is 0 Å². The number of rotatable bonds is 1. The molecule has 0 saturated heterocycles. The predicted molar refractivity (Wildman–Crippen MR) is 67.2 cm³/mol. The van der Waals surface area contributed by atoms with Crippen molar-refractivity contribution in [1.82, 2.24) is 14.8 Å². The maximum absolute atomic E-state index is 4.41. The van der Waals surface area contributed by atoms with Crippen LogP contribution in [0.5, 0.6) is 0 Å². The van der Waals surface area contributed by atoms with E-state index in [0.717, 1.165) is 19.1 Å². The zero-order chi connectivity index (χ0) is 10.3. The molecular weight excluding hydrogens is 357 g/mol. The molecule has 2 rings (SSSR count). The van der Waals surface area contributed by atoms with Gasteiger partial charge in [0.05, 0.1) is 14.5 Å². The fourth-order valence-electron chi connectivity index (χ4n) is 1.32. The fraction of sp³-hybridized carbons (Fsp3) is 0.333. The third-order valence-corrected chi connectivity index (χ3v) is 3.28. The summed E-state index contributed by atoms with van der Waals surface area (Å²) in [6.07, 6.45) is 4.75. The largest absolute Gasteiger partial charge is 0.260 e. The van der Waals surface area contributed by atoms with Crippen LogP contribution in [0.2, 0.25) is 0 Å². The Kier molecular flexibility index (Phi) is 2.79. The first-order valence-electron chi connectivity index (χ1n) is 4.21. The molecule has 0 fully saturated rings. The minimum Gasteiger partial charge on any atom is -0.260 e. The summed E-state index contributed by atoms with van der Waals surface area (Å²) in [5.41, 5.74) is 1.10. The summed E-state index contributed by atoms with van der Waals surface area (Å²) in [4.78, 5) is 4.03. The van der Waals surface area contributed by atoms with Crippen LogP contribution in [0, 0.1) is 9.77 Å². The summed E-state index contributed by atoms with van der Waals surface area (Å²) in [6.45, 7) is 4.21. The molecule has 0 saturated carbocycles. The van der Waals surface area contributed by atoms with E-state index in [1.54, 1.807) is 6.20 Å². The van der Waals surface area contributed by atoms with Crippen LogP contribution in [0.4, 0.5) is 0 Å². The molecule has 0 aromatic carbocycles. The first-order chi connectivity index (χ1) is 6.61. The van der Waals surface area contributed by atoms with E-state index in [-0.39, 0.29) is 0 Å². The number of nitrogens with zero attached hydrogens (tertiary/aromatic N) is 3. The van der Waals surface area contributed by atoms with Crippen molar-refractivity contribution in [3.63, 3.8) is 0 Å². The van der Waals surface area contributed by atoms with Gasteiger partial charge in [0.15, 0.2) is 0 Å². The number of pyridine rings is 1. The van der Waals surface area contributed by atoms with Crippen molar-refractivity contribution in [1.29, 1.82) is 0 Å². The van der Waals surface area contributed by atoms with Crippen molar-refractivity contribution in [3.05, 3.63) is 20.6 Å². The fourth-order valence-corrected chi connectivity index (χ4v) is 2.43. The summed E-state index contributed by atoms with van der Waals surface area (Å²) in [6, 6.07) is 0.341. The third-order valence-electron chi connectivity index (χ3n) is 1.94. The molecule has 0 amide bonds. The van der Waals surface area contributed by atoms with Gasteiger partial charge in [0, 0.05) is 12.2 Å². The molecule has 2 aromatic heterocycles. The molecule has 2 aromatic rings. The molecule has 0 spiro atoms. The van der Waals surface area contributed by atoms with Gasteiger partial charge in [0.25, 0.3) is 0 Å². The Morgan fingerprint density at radius 3 is 2.93 bits per heavy atom. The molecule has 73 valence electrons. The van der Waals surface area contributed by atoms with Crippen LogP contribution in [0.3, 0.4) is 0 Å². The van der Waals surface area contributed by atoms with Crippen molar-refractivity contribution >= 4 is 49.4 Å². The van der Waals surface area contributed by atoms with Crippen molar-refractivity contribution in [2.24, 2.45) is 0 Å². The number of hydrogen-bond acceptors (Lipinski definition) is 2. The second-order valence-corrected chi connectivity index (χ2v) is 5.18. The normalized spacial score (nSPS) is 11.5. The van der Waals surface area contributed by atoms with E-state index < -0.39 is 0 Å². The van der Waals surface area contributed by atoms with E-state index in [0.29, 0.717) is 6.04 Å². The van der Waals surface area contributed by atoms with E-state index in [9.17, 15) is 0 Å². The summed E-state index contributed by atoms with van der Waals surface area (Å²) in [7, 11) is 0. The van der Waals surface area contributed by atoms with E-state index in [1.807, 2.05) is 4.68 Å². The highest BCUT2D eigenvalue weighted by Crippen LogP contribution is 2.27. The van der Waals surface area contributed by atoms with Crippen LogP contribution in [-0.2, 0) is 0 Å². The topological polar surface area (TPSA) is 30.7 Å². The third kappa shape index (κ3) is 1.56. The van der Waals surface area contributed by atoms with Gasteiger partial charge in [-0.1, -0.05) is 0 Å². The maximum atomic E-state index is 4.41. The average Bonchev–Trinajstić information content (AvgIpc) is 2.46. The molecule has 0 aliphatic rings. The smallest absolute Gasteiger partial charge is 0.138 e. The Hall–Kier alpha value is -0.170. The summed E-state index contributed by atoms with van der Waals surface area (Å²) in [5.74, 6) is 0. The van der Waals surface area contributed by atoms with Gasteiger partial charge in [-0.3, -0.25) is 9.67 Å². The lowest BCUT2D eigenvalue weighted by atomic mass is 10.3. The van der Waals surface area contributed by atoms with Gasteiger partial charge in [0.1, 0.15) is 10.8 Å². The molecule has 0 bridgehead atoms. The zero-order valence-electron chi connectivity index (χ0n) is 7.75. The molecule has 0 N–H and O–H groups in total. The van der Waals surface area contributed by atoms with E-state index in [1.165, 1.54) is 0 Å². The van der Waals surface area contributed by atoms with Crippen LogP contribution in [0.1, 0.15) is 19.9 Å². The van der Waals surface area contributed by atoms with Crippen LogP contribution >= 0.6 is 38.5 Å². The van der Waals surface area contributed by atoms with Crippen LogP contribution in [-0.4, -0.2) is 14.8 Å². The standard InChI is InChI=1S/C9H8BrIN3/c1-5(2)14-8-6(9(10)13-14)3-12-4-7(8)11/h4-5H,1-2H3. The minimum absolute atomic E-state index is 0.341. The molecule has 2 heterocycles. The number of aromatic nitrogens is 3. The number of fused-ring (bicyclic) bond motifs is 1. The molecule has 0 atom stereocenters. The second kappa shape index (κ2) is 3.77. The Balaban J connectivity index is 2.86. The highest BCUT2D eigenvalue weighted by atomic mass is 127. The monoisotopic (exact) mass is 364 g/mol. The minimum atomic E-state index is 0.341. The van der Waals surface area contributed by atoms with Crippen molar-refractivity contribution in [3.8, 4) is 0 Å². The molecule has 14 heavy (non-hydrogen) atoms. The lowest BCUT2D eigenvalue weighted by Crippen LogP contribution is -2.03. The summed E-state index contributed by atoms with van der Waals surface area (Å²) < 4.78 is 3.90. The quantitative estimate of drug-likeness (QED) is 0.727. The van der Waals surface area contributed by atoms with Gasteiger partial charge in [-0.05, 0) is 52.4 Å². The number of hydrogen-bond donors (Lipinski definition) is 0. The van der Waals surface area contributed by atoms with Gasteiger partial charge >= 0.3 is 0 Å². The first kappa shape index (κ1) is 10.4. The first-order valence-corrected chi connectivity index (χ1v) is 6.08. The average molecular weight is 365 g/mol. The van der Waals surface area contributed by atoms with Gasteiger partial charge in [-0.25, -0.2) is 0 Å². The van der Waals surface area contributed by atoms with Gasteiger partial charge < -0.3 is 0 Å². The Bertz CT molecular complexity index is 478. The highest BCUT2D eigenvalue weighted by molar-refractivity contribution is 14.1. The van der Waals surface area contributed by atoms with Crippen molar-refractivity contribution < 1.29 is 0 Å². The van der Waals surface area contributed by atoms with E-state index >= 15 is 0 Å². The van der Waals surface area contributed by atoms with Gasteiger partial charge in [0.2, 0.25) is 0 Å². The lowest BCUT2D eigenvalue weighted by molar-refractivity contribution is 0.547. The highest BCUT2D eigenvalue weighted by Gasteiger charge is 2.13. The molecule has 3 nitrogen and oxygen atoms in total. The van der Waals surface area contributed by atoms with E-state index in [2.05, 4.69) is 68.6 Å². The lowest BCUT2D eigenvalue weighted by Gasteiger charge is -2.07. The Morgan fingerprint density at radius 2 is 2.29 bits per heavy atom. The van der Waals surface area contributed by atoms with Crippen molar-refractivity contribution in [2.45, 2.75) is 19.9 Å². The zero-order valence-corrected chi connectivity index (χ0v) is 11.5. The predicted octanol–water partition coefficient (Wildman–Crippen LogP) is 3.18. The second-order valence-electron chi connectivity index (χ2n) is 3.27. The molecule has 0 aliphatic heterocycles. The maximum Gasteiger partial charge on any atom is 0.138 e. The molecule has 0 unspecified atom stereocenters. The SMILES string of the molecule is CC(C)n1nc(Br)c2[c]ncc(I)c21. The summed E-state index contributed by atoms with van der Waals surface area (Å²) >= 11 is 5.68. The van der Waals surface area contributed by atoms with Crippen LogP contribution in [0.25, 0.3) is 10.9 Å². The van der Waals surface area contributed by atoms with Crippen molar-refractivity contribution in [2.75, 3.05) is 0 Å². The van der Waals surface area contributed by atoms with Crippen LogP contribution in [0.15, 0.2) is 10.8 Å². The molecule has 0 aliphatic carbocycles. The van der Waals surface area contributed by atoms with Gasteiger partial charge in [-0.15, -0.1) is 0 Å². The molecular formula is C9H8BrIN3. The van der Waals surface area contributed by atoms with Crippen LogP contribution < -0.4 is 0 Å². The molecule has 1 radical (unpaired) electrons. The molecule has 5 heteroatoms.